The van der Waals surface area contributed by atoms with Gasteiger partial charge in [-0.15, -0.1) is 0 Å². The molecule has 0 aliphatic rings. The number of aromatic nitrogens is 1. The average Bonchev–Trinajstić information content (AvgIpc) is 2.71. The summed E-state index contributed by atoms with van der Waals surface area (Å²) in [5, 5.41) is 0. The lowest BCUT2D eigenvalue weighted by Gasteiger charge is -2.10. The van der Waals surface area contributed by atoms with Gasteiger partial charge in [0.15, 0.2) is 0 Å². The highest BCUT2D eigenvalue weighted by Gasteiger charge is 2.12. The fourth-order valence-electron chi connectivity index (χ4n) is 1.46. The van der Waals surface area contributed by atoms with Crippen LogP contribution >= 0.6 is 0 Å². The van der Waals surface area contributed by atoms with Crippen molar-refractivity contribution < 1.29 is 8.81 Å². The Kier molecular flexibility index (Phi) is 2.78. The van der Waals surface area contributed by atoms with E-state index in [1.165, 1.54) is 12.4 Å². The molecule has 0 fully saturated rings. The normalized spacial score (nSPS) is 12.7. The molecule has 0 saturated heterocycles. The van der Waals surface area contributed by atoms with Crippen LogP contribution in [0.4, 0.5) is 4.39 Å². The minimum atomic E-state index is -0.370. The third-order valence-electron chi connectivity index (χ3n) is 2.24. The summed E-state index contributed by atoms with van der Waals surface area (Å²) in [5.41, 5.74) is 7.31. The minimum Gasteiger partial charge on any atom is -0.472 e. The van der Waals surface area contributed by atoms with Crippen LogP contribution in [-0.4, -0.2) is 4.98 Å². The Labute approximate surface area is 86.7 Å². The van der Waals surface area contributed by atoms with Gasteiger partial charge in [-0.2, -0.15) is 0 Å². The van der Waals surface area contributed by atoms with Crippen molar-refractivity contribution in [2.75, 3.05) is 0 Å². The van der Waals surface area contributed by atoms with E-state index >= 15 is 0 Å². The third-order valence-corrected chi connectivity index (χ3v) is 2.24. The molecule has 0 aromatic carbocycles. The second-order valence-electron chi connectivity index (χ2n) is 3.34. The molecule has 0 spiro atoms. The molecule has 4 heteroatoms. The molecule has 0 radical (unpaired) electrons. The molecule has 2 heterocycles. The highest BCUT2D eigenvalue weighted by atomic mass is 19.1. The van der Waals surface area contributed by atoms with Crippen LogP contribution in [0.1, 0.15) is 17.2 Å². The summed E-state index contributed by atoms with van der Waals surface area (Å²) < 4.78 is 18.2. The van der Waals surface area contributed by atoms with E-state index in [1.54, 1.807) is 18.6 Å². The molecule has 3 nitrogen and oxygen atoms in total. The molecule has 15 heavy (non-hydrogen) atoms. The molecule has 0 amide bonds. The van der Waals surface area contributed by atoms with Gasteiger partial charge < -0.3 is 10.2 Å². The largest absolute Gasteiger partial charge is 0.472 e. The first-order chi connectivity index (χ1) is 7.27. The van der Waals surface area contributed by atoms with E-state index in [-0.39, 0.29) is 11.9 Å². The zero-order valence-corrected chi connectivity index (χ0v) is 8.06. The SMILES string of the molecule is NC(Cc1ccoc1)c1ccncc1F. The molecule has 2 aromatic heterocycles. The summed E-state index contributed by atoms with van der Waals surface area (Å²) in [6.07, 6.45) is 6.44. The van der Waals surface area contributed by atoms with Crippen LogP contribution in [-0.2, 0) is 6.42 Å². The Balaban J connectivity index is 2.15. The van der Waals surface area contributed by atoms with E-state index in [0.29, 0.717) is 12.0 Å². The standard InChI is InChI=1S/C11H11FN2O/c12-10-6-14-3-1-9(10)11(13)5-8-2-4-15-7-8/h1-4,6-7,11H,5,13H2. The molecule has 1 unspecified atom stereocenters. The molecule has 2 aromatic rings. The van der Waals surface area contributed by atoms with Crippen LogP contribution in [0.25, 0.3) is 0 Å². The van der Waals surface area contributed by atoms with E-state index < -0.39 is 0 Å². The van der Waals surface area contributed by atoms with Crippen LogP contribution in [0.15, 0.2) is 41.5 Å². The number of rotatable bonds is 3. The molecule has 0 bridgehead atoms. The predicted molar refractivity (Wildman–Crippen MR) is 53.5 cm³/mol. The van der Waals surface area contributed by atoms with E-state index in [4.69, 9.17) is 10.2 Å². The molecular weight excluding hydrogens is 195 g/mol. The summed E-state index contributed by atoms with van der Waals surface area (Å²) in [4.78, 5) is 3.68. The van der Waals surface area contributed by atoms with Crippen molar-refractivity contribution in [3.05, 3.63) is 54.0 Å². The van der Waals surface area contributed by atoms with Gasteiger partial charge in [0.1, 0.15) is 5.82 Å². The van der Waals surface area contributed by atoms with Crippen molar-refractivity contribution in [1.82, 2.24) is 4.98 Å². The Hall–Kier alpha value is -1.68. The summed E-state index contributed by atoms with van der Waals surface area (Å²) in [7, 11) is 0. The van der Waals surface area contributed by atoms with Gasteiger partial charge in [-0.1, -0.05) is 0 Å². The zero-order valence-electron chi connectivity index (χ0n) is 8.06. The number of nitrogens with zero attached hydrogens (tertiary/aromatic N) is 1. The monoisotopic (exact) mass is 206 g/mol. The van der Waals surface area contributed by atoms with Gasteiger partial charge >= 0.3 is 0 Å². The van der Waals surface area contributed by atoms with E-state index in [9.17, 15) is 4.39 Å². The Bertz CT molecular complexity index is 428. The Morgan fingerprint density at radius 2 is 2.33 bits per heavy atom. The van der Waals surface area contributed by atoms with Crippen LogP contribution in [0.5, 0.6) is 0 Å². The minimum absolute atomic E-state index is 0.367. The van der Waals surface area contributed by atoms with Gasteiger partial charge in [-0.3, -0.25) is 4.98 Å². The van der Waals surface area contributed by atoms with Gasteiger partial charge in [-0.05, 0) is 24.1 Å². The van der Waals surface area contributed by atoms with Gasteiger partial charge in [-0.25, -0.2) is 4.39 Å². The van der Waals surface area contributed by atoms with Crippen LogP contribution in [0.2, 0.25) is 0 Å². The molecule has 1 atom stereocenters. The predicted octanol–water partition coefficient (Wildman–Crippen LogP) is 2.06. The summed E-state index contributed by atoms with van der Waals surface area (Å²) in [6.45, 7) is 0. The van der Waals surface area contributed by atoms with Crippen molar-refractivity contribution in [3.63, 3.8) is 0 Å². The third kappa shape index (κ3) is 2.22. The molecule has 2 rings (SSSR count). The van der Waals surface area contributed by atoms with Crippen LogP contribution < -0.4 is 5.73 Å². The number of pyridine rings is 1. The summed E-state index contributed by atoms with van der Waals surface area (Å²) in [6, 6.07) is 3.05. The quantitative estimate of drug-likeness (QED) is 0.836. The zero-order chi connectivity index (χ0) is 10.7. The smallest absolute Gasteiger partial charge is 0.146 e. The molecule has 2 N–H and O–H groups in total. The molecule has 78 valence electrons. The van der Waals surface area contributed by atoms with E-state index in [0.717, 1.165) is 5.56 Å². The van der Waals surface area contributed by atoms with Crippen molar-refractivity contribution in [3.8, 4) is 0 Å². The first-order valence-corrected chi connectivity index (χ1v) is 4.63. The maximum Gasteiger partial charge on any atom is 0.146 e. The Morgan fingerprint density at radius 1 is 1.47 bits per heavy atom. The van der Waals surface area contributed by atoms with Crippen molar-refractivity contribution in [2.24, 2.45) is 5.73 Å². The maximum absolute atomic E-state index is 13.3. The maximum atomic E-state index is 13.3. The molecular formula is C11H11FN2O. The lowest BCUT2D eigenvalue weighted by atomic mass is 10.0. The van der Waals surface area contributed by atoms with Crippen LogP contribution in [0.3, 0.4) is 0 Å². The van der Waals surface area contributed by atoms with Crippen LogP contribution in [0, 0.1) is 5.82 Å². The number of hydrogen-bond donors (Lipinski definition) is 1. The topological polar surface area (TPSA) is 52.0 Å². The number of nitrogens with two attached hydrogens (primary N) is 1. The van der Waals surface area contributed by atoms with Crippen molar-refractivity contribution >= 4 is 0 Å². The Morgan fingerprint density at radius 3 is 3.00 bits per heavy atom. The van der Waals surface area contributed by atoms with Gasteiger partial charge in [0.25, 0.3) is 0 Å². The van der Waals surface area contributed by atoms with Gasteiger partial charge in [0.2, 0.25) is 0 Å². The fourth-order valence-corrected chi connectivity index (χ4v) is 1.46. The summed E-state index contributed by atoms with van der Waals surface area (Å²) >= 11 is 0. The lowest BCUT2D eigenvalue weighted by Crippen LogP contribution is -2.14. The summed E-state index contributed by atoms with van der Waals surface area (Å²) in [5.74, 6) is -0.367. The van der Waals surface area contributed by atoms with E-state index in [2.05, 4.69) is 4.98 Å². The van der Waals surface area contributed by atoms with Crippen molar-refractivity contribution in [1.29, 1.82) is 0 Å². The number of furan rings is 1. The highest BCUT2D eigenvalue weighted by Crippen LogP contribution is 2.18. The molecule has 0 saturated carbocycles. The second-order valence-corrected chi connectivity index (χ2v) is 3.34. The fraction of sp³-hybridized carbons (Fsp3) is 0.182. The number of hydrogen-bond acceptors (Lipinski definition) is 3. The average molecular weight is 206 g/mol. The lowest BCUT2D eigenvalue weighted by molar-refractivity contribution is 0.554. The van der Waals surface area contributed by atoms with Crippen molar-refractivity contribution in [2.45, 2.75) is 12.5 Å². The van der Waals surface area contributed by atoms with Gasteiger partial charge in [0, 0.05) is 17.8 Å². The van der Waals surface area contributed by atoms with Gasteiger partial charge in [0.05, 0.1) is 18.7 Å². The first kappa shape index (κ1) is 9.86. The molecule has 0 aliphatic carbocycles. The number of halogens is 1. The first-order valence-electron chi connectivity index (χ1n) is 4.63. The molecule has 0 aliphatic heterocycles. The second kappa shape index (κ2) is 4.23. The van der Waals surface area contributed by atoms with E-state index in [1.807, 2.05) is 6.07 Å². The highest BCUT2D eigenvalue weighted by molar-refractivity contribution is 5.20.